The van der Waals surface area contributed by atoms with Crippen LogP contribution in [0.1, 0.15) is 0 Å². The highest BCUT2D eigenvalue weighted by Gasteiger charge is 2.32. The first-order valence-electron chi connectivity index (χ1n) is 5.89. The predicted octanol–water partition coefficient (Wildman–Crippen LogP) is -0.759. The van der Waals surface area contributed by atoms with Gasteiger partial charge >= 0.3 is 6.18 Å². The molecule has 1 saturated heterocycles. The largest absolute Gasteiger partial charge is 0.401 e. The van der Waals surface area contributed by atoms with Gasteiger partial charge in [-0.15, -0.1) is 0 Å². The lowest BCUT2D eigenvalue weighted by Gasteiger charge is -2.34. The fourth-order valence-corrected chi connectivity index (χ4v) is 1.83. The molecule has 8 heteroatoms. The summed E-state index contributed by atoms with van der Waals surface area (Å²) in [6, 6.07) is 0. The summed E-state index contributed by atoms with van der Waals surface area (Å²) in [7, 11) is 0. The third-order valence-electron chi connectivity index (χ3n) is 2.70. The van der Waals surface area contributed by atoms with Crippen molar-refractivity contribution >= 4 is 5.91 Å². The second-order valence-electron chi connectivity index (χ2n) is 4.31. The van der Waals surface area contributed by atoms with Crippen LogP contribution in [0, 0.1) is 0 Å². The van der Waals surface area contributed by atoms with Gasteiger partial charge in [-0.25, -0.2) is 0 Å². The number of nitrogens with one attached hydrogen (secondary N) is 1. The fourth-order valence-electron chi connectivity index (χ4n) is 1.83. The van der Waals surface area contributed by atoms with Gasteiger partial charge in [0.2, 0.25) is 5.91 Å². The summed E-state index contributed by atoms with van der Waals surface area (Å²) < 4.78 is 36.5. The molecule has 0 bridgehead atoms. The Morgan fingerprint density at radius 3 is 2.22 bits per heavy atom. The minimum atomic E-state index is -4.15. The number of hydrogen-bond acceptors (Lipinski definition) is 4. The van der Waals surface area contributed by atoms with E-state index < -0.39 is 12.7 Å². The van der Waals surface area contributed by atoms with Crippen molar-refractivity contribution < 1.29 is 18.0 Å². The van der Waals surface area contributed by atoms with Gasteiger partial charge in [-0.05, 0) is 0 Å². The molecule has 3 N–H and O–H groups in total. The molecule has 0 unspecified atom stereocenters. The molecule has 1 amide bonds. The van der Waals surface area contributed by atoms with Crippen LogP contribution in [-0.4, -0.2) is 74.2 Å². The predicted molar refractivity (Wildman–Crippen MR) is 61.0 cm³/mol. The van der Waals surface area contributed by atoms with Gasteiger partial charge in [-0.3, -0.25) is 14.6 Å². The van der Waals surface area contributed by atoms with E-state index in [2.05, 4.69) is 5.32 Å². The van der Waals surface area contributed by atoms with Crippen LogP contribution in [0.5, 0.6) is 0 Å². The summed E-state index contributed by atoms with van der Waals surface area (Å²) in [5.41, 5.74) is 5.25. The van der Waals surface area contributed by atoms with Crippen molar-refractivity contribution in [3.8, 4) is 0 Å². The van der Waals surface area contributed by atoms with Crippen molar-refractivity contribution in [2.24, 2.45) is 5.73 Å². The van der Waals surface area contributed by atoms with Crippen LogP contribution in [0.25, 0.3) is 0 Å². The summed E-state index contributed by atoms with van der Waals surface area (Å²) in [4.78, 5) is 14.6. The van der Waals surface area contributed by atoms with E-state index >= 15 is 0 Å². The molecule has 0 aliphatic carbocycles. The van der Waals surface area contributed by atoms with Crippen LogP contribution in [0.2, 0.25) is 0 Å². The highest BCUT2D eigenvalue weighted by atomic mass is 19.4. The Labute approximate surface area is 104 Å². The van der Waals surface area contributed by atoms with Crippen LogP contribution in [0.4, 0.5) is 13.2 Å². The molecule has 1 fully saturated rings. The topological polar surface area (TPSA) is 61.6 Å². The molecule has 0 radical (unpaired) electrons. The van der Waals surface area contributed by atoms with E-state index in [4.69, 9.17) is 5.73 Å². The highest BCUT2D eigenvalue weighted by Crippen LogP contribution is 2.17. The number of carbonyl (C=O) groups excluding carboxylic acids is 1. The number of rotatable bonds is 5. The summed E-state index contributed by atoms with van der Waals surface area (Å²) >= 11 is 0. The van der Waals surface area contributed by atoms with Gasteiger partial charge in [0.15, 0.2) is 0 Å². The second kappa shape index (κ2) is 6.91. The zero-order valence-electron chi connectivity index (χ0n) is 10.2. The number of nitrogens with two attached hydrogens (primary N) is 1. The van der Waals surface area contributed by atoms with Gasteiger partial charge in [0, 0.05) is 39.3 Å². The molecule has 0 spiro atoms. The molecule has 1 rings (SSSR count). The number of amides is 1. The second-order valence-corrected chi connectivity index (χ2v) is 4.31. The summed E-state index contributed by atoms with van der Waals surface area (Å²) in [5, 5.41) is 2.63. The van der Waals surface area contributed by atoms with Crippen molar-refractivity contribution in [2.75, 3.05) is 52.4 Å². The number of piperazine rings is 1. The number of nitrogens with zero attached hydrogens (tertiary/aromatic N) is 2. The Kier molecular flexibility index (Phi) is 5.83. The molecule has 1 aliphatic rings. The van der Waals surface area contributed by atoms with Crippen LogP contribution in [0.3, 0.4) is 0 Å². The molecule has 1 aliphatic heterocycles. The summed E-state index contributed by atoms with van der Waals surface area (Å²) in [5.74, 6) is -0.135. The molecule has 18 heavy (non-hydrogen) atoms. The lowest BCUT2D eigenvalue weighted by atomic mass is 10.3. The lowest BCUT2D eigenvalue weighted by Crippen LogP contribution is -2.51. The Bertz CT molecular complexity index is 264. The van der Waals surface area contributed by atoms with Crippen molar-refractivity contribution in [1.82, 2.24) is 15.1 Å². The van der Waals surface area contributed by atoms with Crippen molar-refractivity contribution in [1.29, 1.82) is 0 Å². The number of hydrogen-bond donors (Lipinski definition) is 2. The van der Waals surface area contributed by atoms with Crippen molar-refractivity contribution in [3.05, 3.63) is 0 Å². The zero-order valence-corrected chi connectivity index (χ0v) is 10.2. The molecular formula is C10H19F3N4O. The fraction of sp³-hybridized carbons (Fsp3) is 0.900. The third-order valence-corrected chi connectivity index (χ3v) is 2.70. The summed E-state index contributed by atoms with van der Waals surface area (Å²) in [6.45, 7) is 1.78. The van der Waals surface area contributed by atoms with E-state index in [-0.39, 0.29) is 12.5 Å². The van der Waals surface area contributed by atoms with Gasteiger partial charge in [-0.2, -0.15) is 13.2 Å². The molecule has 0 atom stereocenters. The molecule has 1 heterocycles. The van der Waals surface area contributed by atoms with E-state index in [0.717, 1.165) is 0 Å². The third kappa shape index (κ3) is 6.18. The zero-order chi connectivity index (χ0) is 13.6. The molecule has 0 aromatic carbocycles. The normalized spacial score (nSPS) is 18.9. The van der Waals surface area contributed by atoms with Crippen LogP contribution in [-0.2, 0) is 4.79 Å². The minimum Gasteiger partial charge on any atom is -0.354 e. The van der Waals surface area contributed by atoms with E-state index in [0.29, 0.717) is 39.3 Å². The standard InChI is InChI=1S/C10H19F3N4O/c11-10(12,13)8-17-5-3-16(4-6-17)7-9(18)15-2-1-14/h1-8,14H2,(H,15,18). The van der Waals surface area contributed by atoms with Gasteiger partial charge in [0.05, 0.1) is 13.1 Å². The molecule has 0 saturated carbocycles. The Hall–Kier alpha value is -0.860. The van der Waals surface area contributed by atoms with Gasteiger partial charge < -0.3 is 11.1 Å². The van der Waals surface area contributed by atoms with Crippen LogP contribution < -0.4 is 11.1 Å². The average Bonchev–Trinajstić information content (AvgIpc) is 2.27. The number of alkyl halides is 3. The number of halogens is 3. The average molecular weight is 268 g/mol. The molecule has 0 aromatic rings. The smallest absolute Gasteiger partial charge is 0.354 e. The van der Waals surface area contributed by atoms with E-state index in [1.54, 1.807) is 0 Å². The van der Waals surface area contributed by atoms with Gasteiger partial charge in [0.25, 0.3) is 0 Å². The van der Waals surface area contributed by atoms with Crippen molar-refractivity contribution in [3.63, 3.8) is 0 Å². The first-order chi connectivity index (χ1) is 8.40. The number of carbonyl (C=O) groups is 1. The Balaban J connectivity index is 2.21. The maximum absolute atomic E-state index is 12.2. The highest BCUT2D eigenvalue weighted by molar-refractivity contribution is 5.78. The van der Waals surface area contributed by atoms with Crippen LogP contribution >= 0.6 is 0 Å². The minimum absolute atomic E-state index is 0.135. The van der Waals surface area contributed by atoms with E-state index in [1.807, 2.05) is 4.90 Å². The van der Waals surface area contributed by atoms with Crippen molar-refractivity contribution in [2.45, 2.75) is 6.18 Å². The maximum atomic E-state index is 12.2. The Morgan fingerprint density at radius 1 is 1.17 bits per heavy atom. The molecule has 106 valence electrons. The quantitative estimate of drug-likeness (QED) is 0.688. The first-order valence-corrected chi connectivity index (χ1v) is 5.89. The van der Waals surface area contributed by atoms with Crippen LogP contribution in [0.15, 0.2) is 0 Å². The first kappa shape index (κ1) is 15.2. The van der Waals surface area contributed by atoms with E-state index in [9.17, 15) is 18.0 Å². The molecule has 5 nitrogen and oxygen atoms in total. The van der Waals surface area contributed by atoms with Gasteiger partial charge in [-0.1, -0.05) is 0 Å². The maximum Gasteiger partial charge on any atom is 0.401 e. The molecular weight excluding hydrogens is 249 g/mol. The lowest BCUT2D eigenvalue weighted by molar-refractivity contribution is -0.149. The Morgan fingerprint density at radius 2 is 1.72 bits per heavy atom. The van der Waals surface area contributed by atoms with Gasteiger partial charge in [0.1, 0.15) is 0 Å². The summed E-state index contributed by atoms with van der Waals surface area (Å²) in [6.07, 6.45) is -4.15. The molecule has 0 aromatic heterocycles. The SMILES string of the molecule is NCCNC(=O)CN1CCN(CC(F)(F)F)CC1. The monoisotopic (exact) mass is 268 g/mol. The van der Waals surface area contributed by atoms with E-state index in [1.165, 1.54) is 4.90 Å².